The van der Waals surface area contributed by atoms with Crippen molar-refractivity contribution in [2.75, 3.05) is 29.5 Å². The van der Waals surface area contributed by atoms with Gasteiger partial charge in [0.05, 0.1) is 11.1 Å². The number of aromatic nitrogens is 1. The number of aldehydes is 1. The molecule has 4 heteroatoms. The summed E-state index contributed by atoms with van der Waals surface area (Å²) in [6.07, 6.45) is 0.922. The average molecular weight is 272 g/mol. The van der Waals surface area contributed by atoms with Crippen LogP contribution in [0, 0.1) is 6.92 Å². The summed E-state index contributed by atoms with van der Waals surface area (Å²) in [6, 6.07) is 8.04. The normalized spacial score (nSPS) is 15.7. The van der Waals surface area contributed by atoms with E-state index in [1.807, 2.05) is 30.0 Å². The van der Waals surface area contributed by atoms with Crippen LogP contribution in [0.2, 0.25) is 0 Å². The molecule has 2 aromatic rings. The lowest BCUT2D eigenvalue weighted by Gasteiger charge is -2.28. The van der Waals surface area contributed by atoms with Gasteiger partial charge in [-0.25, -0.2) is 4.98 Å². The van der Waals surface area contributed by atoms with Crippen molar-refractivity contribution >= 4 is 34.8 Å². The quantitative estimate of drug-likeness (QED) is 0.787. The van der Waals surface area contributed by atoms with Gasteiger partial charge in [-0.2, -0.15) is 11.8 Å². The third-order valence-electron chi connectivity index (χ3n) is 3.49. The third-order valence-corrected chi connectivity index (χ3v) is 4.44. The lowest BCUT2D eigenvalue weighted by molar-refractivity contribution is 0.112. The molecule has 1 aromatic carbocycles. The van der Waals surface area contributed by atoms with Gasteiger partial charge in [0.1, 0.15) is 5.82 Å². The molecule has 1 aliphatic rings. The standard InChI is InChI=1S/C15H16N2OS/c1-11-3-2-4-12-9-13(10-18)15(16-14(11)12)17-5-7-19-8-6-17/h2-4,9-10H,5-8H2,1H3. The first kappa shape index (κ1) is 12.5. The molecule has 3 rings (SSSR count). The molecule has 1 saturated heterocycles. The Balaban J connectivity index is 2.15. The molecule has 98 valence electrons. The molecular formula is C15H16N2OS. The molecule has 3 nitrogen and oxygen atoms in total. The molecule has 19 heavy (non-hydrogen) atoms. The Morgan fingerprint density at radius 3 is 2.84 bits per heavy atom. The molecule has 1 aromatic heterocycles. The summed E-state index contributed by atoms with van der Waals surface area (Å²) in [7, 11) is 0. The first-order chi connectivity index (χ1) is 9.29. The van der Waals surface area contributed by atoms with Gasteiger partial charge >= 0.3 is 0 Å². The SMILES string of the molecule is Cc1cccc2cc(C=O)c(N3CCSCC3)nc12. The van der Waals surface area contributed by atoms with Crippen molar-refractivity contribution in [3.8, 4) is 0 Å². The fourth-order valence-electron chi connectivity index (χ4n) is 2.47. The van der Waals surface area contributed by atoms with Crippen LogP contribution in [0.25, 0.3) is 10.9 Å². The van der Waals surface area contributed by atoms with E-state index in [1.165, 1.54) is 0 Å². The average Bonchev–Trinajstić information content (AvgIpc) is 2.47. The number of para-hydroxylation sites is 1. The van der Waals surface area contributed by atoms with E-state index in [0.29, 0.717) is 5.56 Å². The van der Waals surface area contributed by atoms with Gasteiger partial charge in [0, 0.05) is 30.0 Å². The molecule has 0 saturated carbocycles. The van der Waals surface area contributed by atoms with Gasteiger partial charge in [-0.05, 0) is 18.6 Å². The Kier molecular flexibility index (Phi) is 3.42. The van der Waals surface area contributed by atoms with Crippen LogP contribution in [-0.4, -0.2) is 35.9 Å². The summed E-state index contributed by atoms with van der Waals surface area (Å²) in [5.41, 5.74) is 2.86. The highest BCUT2D eigenvalue weighted by atomic mass is 32.2. The summed E-state index contributed by atoms with van der Waals surface area (Å²) < 4.78 is 0. The van der Waals surface area contributed by atoms with Crippen molar-refractivity contribution in [3.63, 3.8) is 0 Å². The van der Waals surface area contributed by atoms with Gasteiger partial charge in [-0.3, -0.25) is 4.79 Å². The highest BCUT2D eigenvalue weighted by Crippen LogP contribution is 2.26. The van der Waals surface area contributed by atoms with Gasteiger partial charge in [0.2, 0.25) is 0 Å². The molecule has 0 atom stereocenters. The fourth-order valence-corrected chi connectivity index (χ4v) is 3.37. The van der Waals surface area contributed by atoms with Crippen LogP contribution in [0.5, 0.6) is 0 Å². The minimum Gasteiger partial charge on any atom is -0.354 e. The first-order valence-electron chi connectivity index (χ1n) is 6.48. The van der Waals surface area contributed by atoms with E-state index in [0.717, 1.165) is 53.2 Å². The smallest absolute Gasteiger partial charge is 0.153 e. The fraction of sp³-hybridized carbons (Fsp3) is 0.333. The number of aryl methyl sites for hydroxylation is 1. The number of nitrogens with zero attached hydrogens (tertiary/aromatic N) is 2. The van der Waals surface area contributed by atoms with E-state index < -0.39 is 0 Å². The van der Waals surface area contributed by atoms with Crippen LogP contribution in [0.3, 0.4) is 0 Å². The Bertz CT molecular complexity index is 621. The van der Waals surface area contributed by atoms with Crippen LogP contribution in [0.1, 0.15) is 15.9 Å². The van der Waals surface area contributed by atoms with Crippen molar-refractivity contribution in [2.24, 2.45) is 0 Å². The molecule has 0 unspecified atom stereocenters. The second-order valence-corrected chi connectivity index (χ2v) is 5.99. The zero-order chi connectivity index (χ0) is 13.2. The van der Waals surface area contributed by atoms with Crippen LogP contribution in [-0.2, 0) is 0 Å². The highest BCUT2D eigenvalue weighted by Gasteiger charge is 2.17. The van der Waals surface area contributed by atoms with Crippen molar-refractivity contribution in [3.05, 3.63) is 35.4 Å². The summed E-state index contributed by atoms with van der Waals surface area (Å²) >= 11 is 1.96. The lowest BCUT2D eigenvalue weighted by Crippen LogP contribution is -2.33. The summed E-state index contributed by atoms with van der Waals surface area (Å²) in [4.78, 5) is 18.3. The number of anilines is 1. The molecule has 1 aliphatic heterocycles. The van der Waals surface area contributed by atoms with Crippen molar-refractivity contribution < 1.29 is 4.79 Å². The Morgan fingerprint density at radius 1 is 1.32 bits per heavy atom. The number of pyridine rings is 1. The molecule has 1 fully saturated rings. The zero-order valence-corrected chi connectivity index (χ0v) is 11.7. The summed E-state index contributed by atoms with van der Waals surface area (Å²) in [5, 5.41) is 1.04. The van der Waals surface area contributed by atoms with Gasteiger partial charge in [0.15, 0.2) is 6.29 Å². The maximum absolute atomic E-state index is 11.3. The van der Waals surface area contributed by atoms with Crippen LogP contribution in [0.4, 0.5) is 5.82 Å². The number of hydrogen-bond acceptors (Lipinski definition) is 4. The lowest BCUT2D eigenvalue weighted by atomic mass is 10.1. The predicted octanol–water partition coefficient (Wildman–Crippen LogP) is 2.91. The van der Waals surface area contributed by atoms with Crippen molar-refractivity contribution in [1.29, 1.82) is 0 Å². The van der Waals surface area contributed by atoms with Gasteiger partial charge in [0.25, 0.3) is 0 Å². The maximum Gasteiger partial charge on any atom is 0.153 e. The van der Waals surface area contributed by atoms with Gasteiger partial charge < -0.3 is 4.90 Å². The minimum absolute atomic E-state index is 0.699. The molecule has 0 radical (unpaired) electrons. The second-order valence-electron chi connectivity index (χ2n) is 4.77. The van der Waals surface area contributed by atoms with Gasteiger partial charge in [-0.15, -0.1) is 0 Å². The number of benzene rings is 1. The number of carbonyl (C=O) groups excluding carboxylic acids is 1. The van der Waals surface area contributed by atoms with E-state index in [9.17, 15) is 4.79 Å². The summed E-state index contributed by atoms with van der Waals surface area (Å²) in [6.45, 7) is 4.00. The molecule has 0 amide bonds. The van der Waals surface area contributed by atoms with Gasteiger partial charge in [-0.1, -0.05) is 18.2 Å². The molecular weight excluding hydrogens is 256 g/mol. The Hall–Kier alpha value is -1.55. The number of thioether (sulfide) groups is 1. The molecule has 2 heterocycles. The van der Waals surface area contributed by atoms with Crippen molar-refractivity contribution in [2.45, 2.75) is 6.92 Å². The van der Waals surface area contributed by atoms with E-state index in [2.05, 4.69) is 17.9 Å². The molecule has 0 aliphatic carbocycles. The minimum atomic E-state index is 0.699. The number of fused-ring (bicyclic) bond motifs is 1. The largest absolute Gasteiger partial charge is 0.354 e. The topological polar surface area (TPSA) is 33.2 Å². The maximum atomic E-state index is 11.3. The summed E-state index contributed by atoms with van der Waals surface area (Å²) in [5.74, 6) is 3.05. The second kappa shape index (κ2) is 5.21. The molecule has 0 bridgehead atoms. The Morgan fingerprint density at radius 2 is 2.11 bits per heavy atom. The molecule has 0 N–H and O–H groups in total. The van der Waals surface area contributed by atoms with E-state index in [-0.39, 0.29) is 0 Å². The van der Waals surface area contributed by atoms with Crippen molar-refractivity contribution in [1.82, 2.24) is 4.98 Å². The number of carbonyl (C=O) groups is 1. The van der Waals surface area contributed by atoms with Crippen LogP contribution >= 0.6 is 11.8 Å². The van der Waals surface area contributed by atoms with E-state index in [4.69, 9.17) is 4.98 Å². The van der Waals surface area contributed by atoms with Crippen LogP contribution < -0.4 is 4.90 Å². The van der Waals surface area contributed by atoms with E-state index in [1.54, 1.807) is 0 Å². The zero-order valence-electron chi connectivity index (χ0n) is 10.9. The van der Waals surface area contributed by atoms with E-state index >= 15 is 0 Å². The highest BCUT2D eigenvalue weighted by molar-refractivity contribution is 7.99. The first-order valence-corrected chi connectivity index (χ1v) is 7.63. The number of rotatable bonds is 2. The number of hydrogen-bond donors (Lipinski definition) is 0. The van der Waals surface area contributed by atoms with Crippen LogP contribution in [0.15, 0.2) is 24.3 Å². The molecule has 0 spiro atoms. The Labute approximate surface area is 117 Å². The third kappa shape index (κ3) is 2.32. The monoisotopic (exact) mass is 272 g/mol. The predicted molar refractivity (Wildman–Crippen MR) is 81.4 cm³/mol.